The summed E-state index contributed by atoms with van der Waals surface area (Å²) in [5.41, 5.74) is 2.80. The molecule has 0 saturated carbocycles. The monoisotopic (exact) mass is 378 g/mol. The van der Waals surface area contributed by atoms with Gasteiger partial charge in [0, 0.05) is 37.7 Å². The van der Waals surface area contributed by atoms with E-state index in [1.165, 1.54) is 6.20 Å². The number of rotatable bonds is 2. The van der Waals surface area contributed by atoms with Crippen molar-refractivity contribution < 1.29 is 14.4 Å². The summed E-state index contributed by atoms with van der Waals surface area (Å²) in [6.07, 6.45) is 3.29. The van der Waals surface area contributed by atoms with Crippen LogP contribution in [0.1, 0.15) is 51.1 Å². The molecule has 4 rings (SSSR count). The molecule has 7 heteroatoms. The summed E-state index contributed by atoms with van der Waals surface area (Å²) in [5.74, 6) is -0.511. The molecule has 1 fully saturated rings. The first-order chi connectivity index (χ1) is 13.5. The van der Waals surface area contributed by atoms with Crippen LogP contribution in [0.4, 0.5) is 0 Å². The number of benzene rings is 1. The molecular formula is C21H22N4O3. The van der Waals surface area contributed by atoms with Gasteiger partial charge < -0.3 is 9.80 Å². The highest BCUT2D eigenvalue weighted by atomic mass is 16.2. The van der Waals surface area contributed by atoms with Crippen LogP contribution in [0.2, 0.25) is 0 Å². The van der Waals surface area contributed by atoms with Gasteiger partial charge in [0.1, 0.15) is 0 Å². The molecule has 0 spiro atoms. The third-order valence-electron chi connectivity index (χ3n) is 5.68. The van der Waals surface area contributed by atoms with Crippen LogP contribution in [0.15, 0.2) is 36.7 Å². The molecule has 2 amide bonds. The zero-order valence-electron chi connectivity index (χ0n) is 16.0. The van der Waals surface area contributed by atoms with E-state index in [2.05, 4.69) is 10.2 Å². The molecule has 28 heavy (non-hydrogen) atoms. The van der Waals surface area contributed by atoms with Gasteiger partial charge in [0.2, 0.25) is 5.91 Å². The van der Waals surface area contributed by atoms with Crippen LogP contribution in [-0.2, 0) is 4.79 Å². The molecule has 0 radical (unpaired) electrons. The second-order valence-corrected chi connectivity index (χ2v) is 7.48. The molecular weight excluding hydrogens is 356 g/mol. The number of hydrogen-bond acceptors (Lipinski definition) is 5. The first-order valence-corrected chi connectivity index (χ1v) is 9.46. The molecule has 2 aliphatic rings. The van der Waals surface area contributed by atoms with Crippen molar-refractivity contribution in [2.24, 2.45) is 0 Å². The second kappa shape index (κ2) is 7.14. The topological polar surface area (TPSA) is 83.5 Å². The number of nitrogens with zero attached hydrogens (tertiary/aromatic N) is 4. The van der Waals surface area contributed by atoms with Gasteiger partial charge in [0.15, 0.2) is 5.78 Å². The minimum Gasteiger partial charge on any atom is -0.336 e. The summed E-state index contributed by atoms with van der Waals surface area (Å²) in [6.45, 7) is 5.14. The van der Waals surface area contributed by atoms with Crippen molar-refractivity contribution in [3.05, 3.63) is 58.9 Å². The summed E-state index contributed by atoms with van der Waals surface area (Å²) < 4.78 is 0. The Morgan fingerprint density at radius 3 is 2.61 bits per heavy atom. The fourth-order valence-corrected chi connectivity index (χ4v) is 4.13. The summed E-state index contributed by atoms with van der Waals surface area (Å²) in [6, 6.07) is 7.22. The third kappa shape index (κ3) is 3.06. The molecule has 1 aliphatic carbocycles. The largest absolute Gasteiger partial charge is 0.336 e. The lowest BCUT2D eigenvalue weighted by atomic mass is 9.98. The van der Waals surface area contributed by atoms with Crippen LogP contribution in [-0.4, -0.2) is 63.3 Å². The van der Waals surface area contributed by atoms with Crippen molar-refractivity contribution >= 4 is 17.6 Å². The number of carbonyl (C=O) groups excluding carboxylic acids is 3. The Bertz CT molecular complexity index is 958. The van der Waals surface area contributed by atoms with Gasteiger partial charge in [0.05, 0.1) is 23.9 Å². The van der Waals surface area contributed by atoms with E-state index in [0.717, 1.165) is 11.1 Å². The van der Waals surface area contributed by atoms with Gasteiger partial charge in [-0.05, 0) is 25.0 Å². The Labute approximate surface area is 163 Å². The van der Waals surface area contributed by atoms with Crippen LogP contribution < -0.4 is 0 Å². The van der Waals surface area contributed by atoms with Crippen molar-refractivity contribution in [2.75, 3.05) is 19.6 Å². The molecule has 1 unspecified atom stereocenters. The molecule has 0 N–H and O–H groups in total. The second-order valence-electron chi connectivity index (χ2n) is 7.48. The third-order valence-corrected chi connectivity index (χ3v) is 5.68. The highest BCUT2D eigenvalue weighted by Gasteiger charge is 2.39. The maximum Gasteiger partial charge on any atom is 0.255 e. The Morgan fingerprint density at radius 1 is 1.11 bits per heavy atom. The summed E-state index contributed by atoms with van der Waals surface area (Å²) in [7, 11) is 0. The quantitative estimate of drug-likeness (QED) is 0.796. The number of ketones is 1. The van der Waals surface area contributed by atoms with E-state index in [4.69, 9.17) is 0 Å². The average molecular weight is 378 g/mol. The SMILES string of the molecule is Cc1cnncc1C(=O)N1CCN(C(=O)C2CC(=O)c3ccccc32)[C@H](C)C1. The normalized spacial score (nSPS) is 21.6. The van der Waals surface area contributed by atoms with E-state index in [0.29, 0.717) is 30.8 Å². The fourth-order valence-electron chi connectivity index (χ4n) is 4.13. The number of carbonyl (C=O) groups is 3. The van der Waals surface area contributed by atoms with Crippen LogP contribution in [0.25, 0.3) is 0 Å². The summed E-state index contributed by atoms with van der Waals surface area (Å²) in [4.78, 5) is 41.8. The van der Waals surface area contributed by atoms with E-state index >= 15 is 0 Å². The summed E-state index contributed by atoms with van der Waals surface area (Å²) >= 11 is 0. The average Bonchev–Trinajstić information content (AvgIpc) is 3.04. The Kier molecular flexibility index (Phi) is 4.66. The van der Waals surface area contributed by atoms with Crippen molar-refractivity contribution in [2.45, 2.75) is 32.2 Å². The van der Waals surface area contributed by atoms with Crippen LogP contribution in [0, 0.1) is 6.92 Å². The highest BCUT2D eigenvalue weighted by molar-refractivity contribution is 6.06. The van der Waals surface area contributed by atoms with Gasteiger partial charge >= 0.3 is 0 Å². The maximum absolute atomic E-state index is 13.2. The number of fused-ring (bicyclic) bond motifs is 1. The Balaban J connectivity index is 1.48. The van der Waals surface area contributed by atoms with Crippen molar-refractivity contribution in [1.29, 1.82) is 0 Å². The smallest absolute Gasteiger partial charge is 0.255 e. The van der Waals surface area contributed by atoms with Gasteiger partial charge in [-0.25, -0.2) is 0 Å². The van der Waals surface area contributed by atoms with Crippen LogP contribution >= 0.6 is 0 Å². The van der Waals surface area contributed by atoms with E-state index in [1.54, 1.807) is 17.2 Å². The number of piperazine rings is 1. The zero-order chi connectivity index (χ0) is 19.8. The highest BCUT2D eigenvalue weighted by Crippen LogP contribution is 2.35. The molecule has 2 aromatic rings. The van der Waals surface area contributed by atoms with Gasteiger partial charge in [-0.1, -0.05) is 24.3 Å². The standard InChI is InChI=1S/C21H22N4O3/c1-13-10-22-23-11-18(13)20(27)24-7-8-25(14(2)12-24)21(28)17-9-19(26)16-6-4-3-5-15(16)17/h3-6,10-11,14,17H,7-9,12H2,1-2H3/t14-,17?/m1/s1. The fraction of sp³-hybridized carbons (Fsp3) is 0.381. The van der Waals surface area contributed by atoms with E-state index in [9.17, 15) is 14.4 Å². The minimum atomic E-state index is -0.417. The van der Waals surface area contributed by atoms with E-state index in [1.807, 2.05) is 36.9 Å². The molecule has 1 aromatic carbocycles. The lowest BCUT2D eigenvalue weighted by molar-refractivity contribution is -0.136. The lowest BCUT2D eigenvalue weighted by Crippen LogP contribution is -2.56. The lowest BCUT2D eigenvalue weighted by Gasteiger charge is -2.41. The Hall–Kier alpha value is -3.09. The first-order valence-electron chi connectivity index (χ1n) is 9.46. The molecule has 7 nitrogen and oxygen atoms in total. The van der Waals surface area contributed by atoms with Gasteiger partial charge in [-0.15, -0.1) is 0 Å². The number of hydrogen-bond donors (Lipinski definition) is 0. The van der Waals surface area contributed by atoms with E-state index < -0.39 is 5.92 Å². The minimum absolute atomic E-state index is 0.0241. The predicted molar refractivity (Wildman–Crippen MR) is 102 cm³/mol. The first kappa shape index (κ1) is 18.3. The Morgan fingerprint density at radius 2 is 1.86 bits per heavy atom. The zero-order valence-corrected chi connectivity index (χ0v) is 16.0. The van der Waals surface area contributed by atoms with Gasteiger partial charge in [-0.3, -0.25) is 14.4 Å². The maximum atomic E-state index is 13.2. The van der Waals surface area contributed by atoms with E-state index in [-0.39, 0.29) is 30.1 Å². The molecule has 1 aliphatic heterocycles. The van der Waals surface area contributed by atoms with Gasteiger partial charge in [-0.2, -0.15) is 10.2 Å². The molecule has 2 atom stereocenters. The number of amides is 2. The van der Waals surface area contributed by atoms with Gasteiger partial charge in [0.25, 0.3) is 5.91 Å². The molecule has 2 heterocycles. The van der Waals surface area contributed by atoms with Crippen LogP contribution in [0.3, 0.4) is 0 Å². The van der Waals surface area contributed by atoms with Crippen molar-refractivity contribution in [1.82, 2.24) is 20.0 Å². The summed E-state index contributed by atoms with van der Waals surface area (Å²) in [5, 5.41) is 7.60. The van der Waals surface area contributed by atoms with Crippen molar-refractivity contribution in [3.8, 4) is 0 Å². The molecule has 1 saturated heterocycles. The molecule has 0 bridgehead atoms. The molecule has 144 valence electrons. The number of aromatic nitrogens is 2. The van der Waals surface area contributed by atoms with Crippen molar-refractivity contribution in [3.63, 3.8) is 0 Å². The molecule has 1 aromatic heterocycles. The number of Topliss-reactive ketones (excluding diaryl/α,β-unsaturated/α-hetero) is 1. The number of aryl methyl sites for hydroxylation is 1. The predicted octanol–water partition coefficient (Wildman–Crippen LogP) is 1.83. The van der Waals surface area contributed by atoms with Crippen LogP contribution in [0.5, 0.6) is 0 Å².